The third-order valence-electron chi connectivity index (χ3n) is 2.95. The molecule has 0 atom stereocenters. The van der Waals surface area contributed by atoms with Gasteiger partial charge in [0.05, 0.1) is 16.5 Å². The Kier molecular flexibility index (Phi) is 3.46. The normalized spacial score (nSPS) is 16.9. The summed E-state index contributed by atoms with van der Waals surface area (Å²) in [6, 6.07) is 8.08. The van der Waals surface area contributed by atoms with Crippen molar-refractivity contribution < 1.29 is 8.42 Å². The SMILES string of the molecule is N#Cc1cccc(S(=O)(=O)NC2CCCC2)c1. The maximum Gasteiger partial charge on any atom is 0.240 e. The first-order valence-corrected chi connectivity index (χ1v) is 7.12. The smallest absolute Gasteiger partial charge is 0.208 e. The second-order valence-electron chi connectivity index (χ2n) is 4.24. The van der Waals surface area contributed by atoms with E-state index in [4.69, 9.17) is 5.26 Å². The topological polar surface area (TPSA) is 70.0 Å². The number of rotatable bonds is 3. The van der Waals surface area contributed by atoms with Gasteiger partial charge in [-0.2, -0.15) is 5.26 Å². The maximum atomic E-state index is 12.0. The Labute approximate surface area is 101 Å². The fraction of sp³-hybridized carbons (Fsp3) is 0.417. The highest BCUT2D eigenvalue weighted by Gasteiger charge is 2.22. The molecule has 0 unspecified atom stereocenters. The molecule has 0 aliphatic heterocycles. The van der Waals surface area contributed by atoms with E-state index in [1.54, 1.807) is 12.1 Å². The fourth-order valence-electron chi connectivity index (χ4n) is 2.06. The third kappa shape index (κ3) is 2.84. The summed E-state index contributed by atoms with van der Waals surface area (Å²) in [5.74, 6) is 0. The van der Waals surface area contributed by atoms with Gasteiger partial charge in [-0.25, -0.2) is 13.1 Å². The van der Waals surface area contributed by atoms with Gasteiger partial charge in [0.1, 0.15) is 0 Å². The predicted molar refractivity (Wildman–Crippen MR) is 63.7 cm³/mol. The second kappa shape index (κ2) is 4.86. The van der Waals surface area contributed by atoms with Crippen LogP contribution in [0.1, 0.15) is 31.2 Å². The Morgan fingerprint density at radius 1 is 1.29 bits per heavy atom. The first-order chi connectivity index (χ1) is 8.12. The fourth-order valence-corrected chi connectivity index (χ4v) is 3.41. The first kappa shape index (κ1) is 12.1. The molecule has 1 fully saturated rings. The lowest BCUT2D eigenvalue weighted by Gasteiger charge is -2.12. The Hall–Kier alpha value is -1.38. The molecule has 17 heavy (non-hydrogen) atoms. The van der Waals surface area contributed by atoms with E-state index >= 15 is 0 Å². The average Bonchev–Trinajstić information content (AvgIpc) is 2.81. The van der Waals surface area contributed by atoms with E-state index in [1.807, 2.05) is 6.07 Å². The molecule has 1 aromatic carbocycles. The van der Waals surface area contributed by atoms with Crippen LogP contribution in [0, 0.1) is 11.3 Å². The van der Waals surface area contributed by atoms with Gasteiger partial charge in [0.2, 0.25) is 10.0 Å². The molecule has 0 heterocycles. The third-order valence-corrected chi connectivity index (χ3v) is 4.47. The van der Waals surface area contributed by atoms with E-state index in [0.29, 0.717) is 5.56 Å². The predicted octanol–water partition coefficient (Wildman–Crippen LogP) is 1.78. The molecule has 1 N–H and O–H groups in total. The van der Waals surface area contributed by atoms with Gasteiger partial charge in [-0.1, -0.05) is 18.9 Å². The molecule has 2 rings (SSSR count). The molecule has 5 heteroatoms. The van der Waals surface area contributed by atoms with E-state index in [9.17, 15) is 8.42 Å². The molecule has 1 aliphatic rings. The summed E-state index contributed by atoms with van der Waals surface area (Å²) in [6.45, 7) is 0. The van der Waals surface area contributed by atoms with Crippen LogP contribution in [0.25, 0.3) is 0 Å². The quantitative estimate of drug-likeness (QED) is 0.889. The summed E-state index contributed by atoms with van der Waals surface area (Å²) >= 11 is 0. The molecule has 1 aliphatic carbocycles. The van der Waals surface area contributed by atoms with Crippen LogP contribution in [0.4, 0.5) is 0 Å². The van der Waals surface area contributed by atoms with E-state index in [0.717, 1.165) is 25.7 Å². The van der Waals surface area contributed by atoms with Crippen molar-refractivity contribution >= 4 is 10.0 Å². The van der Waals surface area contributed by atoms with Gasteiger partial charge in [-0.3, -0.25) is 0 Å². The minimum absolute atomic E-state index is 0.0470. The molecular formula is C12H14N2O2S. The molecule has 0 saturated heterocycles. The van der Waals surface area contributed by atoms with Crippen molar-refractivity contribution in [1.29, 1.82) is 5.26 Å². The second-order valence-corrected chi connectivity index (χ2v) is 5.96. The van der Waals surface area contributed by atoms with Crippen LogP contribution in [0.3, 0.4) is 0 Å². The molecule has 0 radical (unpaired) electrons. The maximum absolute atomic E-state index is 12.0. The molecule has 0 amide bonds. The molecular weight excluding hydrogens is 236 g/mol. The standard InChI is InChI=1S/C12H14N2O2S/c13-9-10-4-3-7-12(8-10)17(15,16)14-11-5-1-2-6-11/h3-4,7-8,11,14H,1-2,5-6H2. The zero-order chi connectivity index (χ0) is 12.3. The summed E-state index contributed by atoms with van der Waals surface area (Å²) in [4.78, 5) is 0.170. The number of hydrogen-bond acceptors (Lipinski definition) is 3. The zero-order valence-electron chi connectivity index (χ0n) is 9.39. The van der Waals surface area contributed by atoms with Crippen LogP contribution in [0.15, 0.2) is 29.2 Å². The van der Waals surface area contributed by atoms with Crippen LogP contribution in [0.5, 0.6) is 0 Å². The van der Waals surface area contributed by atoms with Crippen molar-refractivity contribution in [3.63, 3.8) is 0 Å². The lowest BCUT2D eigenvalue weighted by molar-refractivity contribution is 0.552. The highest BCUT2D eigenvalue weighted by molar-refractivity contribution is 7.89. The highest BCUT2D eigenvalue weighted by Crippen LogP contribution is 2.20. The molecule has 0 spiro atoms. The first-order valence-electron chi connectivity index (χ1n) is 5.64. The van der Waals surface area contributed by atoms with Crippen molar-refractivity contribution in [3.8, 4) is 6.07 Å². The van der Waals surface area contributed by atoms with Gasteiger partial charge in [0.25, 0.3) is 0 Å². The highest BCUT2D eigenvalue weighted by atomic mass is 32.2. The number of nitriles is 1. The van der Waals surface area contributed by atoms with Crippen molar-refractivity contribution in [2.45, 2.75) is 36.6 Å². The summed E-state index contributed by atoms with van der Waals surface area (Å²) in [7, 11) is -3.48. The van der Waals surface area contributed by atoms with Crippen LogP contribution >= 0.6 is 0 Å². The summed E-state index contributed by atoms with van der Waals surface area (Å²) in [5, 5.41) is 8.75. The Bertz CT molecular complexity index is 540. The van der Waals surface area contributed by atoms with Crippen LogP contribution in [0.2, 0.25) is 0 Å². The zero-order valence-corrected chi connectivity index (χ0v) is 10.2. The molecule has 0 aromatic heterocycles. The van der Waals surface area contributed by atoms with Gasteiger partial charge < -0.3 is 0 Å². The number of nitrogens with zero attached hydrogens (tertiary/aromatic N) is 1. The van der Waals surface area contributed by atoms with Crippen molar-refractivity contribution in [3.05, 3.63) is 29.8 Å². The lowest BCUT2D eigenvalue weighted by Crippen LogP contribution is -2.32. The minimum atomic E-state index is -3.48. The molecule has 1 saturated carbocycles. The van der Waals surface area contributed by atoms with Crippen molar-refractivity contribution in [2.75, 3.05) is 0 Å². The van der Waals surface area contributed by atoms with E-state index in [1.165, 1.54) is 12.1 Å². The number of benzene rings is 1. The van der Waals surface area contributed by atoms with Crippen molar-refractivity contribution in [1.82, 2.24) is 4.72 Å². The number of sulfonamides is 1. The Morgan fingerprint density at radius 3 is 2.65 bits per heavy atom. The van der Waals surface area contributed by atoms with Gasteiger partial charge in [0, 0.05) is 6.04 Å². The summed E-state index contributed by atoms with van der Waals surface area (Å²) in [6.07, 6.45) is 3.95. The Morgan fingerprint density at radius 2 is 2.00 bits per heavy atom. The monoisotopic (exact) mass is 250 g/mol. The lowest BCUT2D eigenvalue weighted by atomic mass is 10.2. The van der Waals surface area contributed by atoms with E-state index < -0.39 is 10.0 Å². The van der Waals surface area contributed by atoms with Crippen LogP contribution in [-0.4, -0.2) is 14.5 Å². The van der Waals surface area contributed by atoms with Gasteiger partial charge >= 0.3 is 0 Å². The molecule has 90 valence electrons. The van der Waals surface area contributed by atoms with E-state index in [-0.39, 0.29) is 10.9 Å². The molecule has 0 bridgehead atoms. The molecule has 1 aromatic rings. The van der Waals surface area contributed by atoms with Crippen LogP contribution < -0.4 is 4.72 Å². The van der Waals surface area contributed by atoms with Crippen molar-refractivity contribution in [2.24, 2.45) is 0 Å². The van der Waals surface area contributed by atoms with E-state index in [2.05, 4.69) is 4.72 Å². The minimum Gasteiger partial charge on any atom is -0.208 e. The summed E-state index contributed by atoms with van der Waals surface area (Å²) in [5.41, 5.74) is 0.360. The average molecular weight is 250 g/mol. The van der Waals surface area contributed by atoms with Crippen LogP contribution in [-0.2, 0) is 10.0 Å². The number of nitrogens with one attached hydrogen (secondary N) is 1. The summed E-state index contributed by atoms with van der Waals surface area (Å²) < 4.78 is 26.8. The van der Waals surface area contributed by atoms with Gasteiger partial charge in [-0.05, 0) is 31.0 Å². The van der Waals surface area contributed by atoms with Gasteiger partial charge in [0.15, 0.2) is 0 Å². The Balaban J connectivity index is 2.22. The number of hydrogen-bond donors (Lipinski definition) is 1. The molecule has 4 nitrogen and oxygen atoms in total. The largest absolute Gasteiger partial charge is 0.240 e. The van der Waals surface area contributed by atoms with Gasteiger partial charge in [-0.15, -0.1) is 0 Å².